The molecule has 0 spiro atoms. The Bertz CT molecular complexity index is 856. The zero-order valence-electron chi connectivity index (χ0n) is 14.8. The molecule has 2 aromatic heterocycles. The van der Waals surface area contributed by atoms with Gasteiger partial charge in [-0.2, -0.15) is 5.10 Å². The second-order valence-electron chi connectivity index (χ2n) is 6.63. The predicted molar refractivity (Wildman–Crippen MR) is 101 cm³/mol. The monoisotopic (exact) mass is 360 g/mol. The third-order valence-electron chi connectivity index (χ3n) is 4.69. The second kappa shape index (κ2) is 7.91. The van der Waals surface area contributed by atoms with Crippen molar-refractivity contribution in [3.63, 3.8) is 0 Å². The number of amides is 1. The van der Waals surface area contributed by atoms with Crippen molar-refractivity contribution in [1.82, 2.24) is 15.4 Å². The largest absolute Gasteiger partial charge is 0.309 e. The van der Waals surface area contributed by atoms with Crippen molar-refractivity contribution < 1.29 is 4.79 Å². The fourth-order valence-electron chi connectivity index (χ4n) is 3.14. The van der Waals surface area contributed by atoms with Crippen LogP contribution in [0.1, 0.15) is 61.2 Å². The Kier molecular flexibility index (Phi) is 5.63. The van der Waals surface area contributed by atoms with Gasteiger partial charge in [-0.3, -0.25) is 9.59 Å². The Morgan fingerprint density at radius 1 is 1.20 bits per heavy atom. The summed E-state index contributed by atoms with van der Waals surface area (Å²) >= 11 is 1.48. The van der Waals surface area contributed by atoms with Crippen LogP contribution < -0.4 is 11.0 Å². The molecule has 3 rings (SSSR count). The van der Waals surface area contributed by atoms with Crippen LogP contribution in [-0.4, -0.2) is 21.6 Å². The molecule has 0 unspecified atom stereocenters. The number of thiophene rings is 1. The van der Waals surface area contributed by atoms with Crippen molar-refractivity contribution in [3.05, 3.63) is 26.6 Å². The van der Waals surface area contributed by atoms with Crippen LogP contribution in [0, 0.1) is 13.8 Å². The lowest BCUT2D eigenvalue weighted by atomic mass is 9.99. The van der Waals surface area contributed by atoms with Crippen molar-refractivity contribution in [2.75, 3.05) is 0 Å². The highest BCUT2D eigenvalue weighted by molar-refractivity contribution is 7.18. The average Bonchev–Trinajstić information content (AvgIpc) is 2.81. The molecule has 1 aliphatic rings. The first kappa shape index (κ1) is 17.8. The van der Waals surface area contributed by atoms with Gasteiger partial charge in [-0.15, -0.1) is 11.3 Å². The summed E-state index contributed by atoms with van der Waals surface area (Å²) in [7, 11) is 0. The molecule has 1 amide bonds. The summed E-state index contributed by atoms with van der Waals surface area (Å²) in [5, 5.41) is 4.91. The van der Waals surface area contributed by atoms with Gasteiger partial charge in [0.1, 0.15) is 10.7 Å². The summed E-state index contributed by atoms with van der Waals surface area (Å²) < 4.78 is 0. The van der Waals surface area contributed by atoms with Gasteiger partial charge < -0.3 is 4.98 Å². The fourth-order valence-corrected chi connectivity index (χ4v) is 4.19. The summed E-state index contributed by atoms with van der Waals surface area (Å²) in [4.78, 5) is 33.3. The van der Waals surface area contributed by atoms with Gasteiger partial charge >= 0.3 is 0 Å². The molecule has 0 bridgehead atoms. The van der Waals surface area contributed by atoms with Crippen molar-refractivity contribution in [2.24, 2.45) is 5.10 Å². The molecule has 2 heterocycles. The van der Waals surface area contributed by atoms with Crippen LogP contribution in [0.15, 0.2) is 9.90 Å². The number of carbonyl (C=O) groups is 1. The van der Waals surface area contributed by atoms with Crippen molar-refractivity contribution in [2.45, 2.75) is 65.2 Å². The van der Waals surface area contributed by atoms with Crippen LogP contribution in [0.3, 0.4) is 0 Å². The Labute approximate surface area is 150 Å². The van der Waals surface area contributed by atoms with Crippen LogP contribution in [0.25, 0.3) is 10.2 Å². The molecular weight excluding hydrogens is 336 g/mol. The summed E-state index contributed by atoms with van der Waals surface area (Å²) in [6.45, 7) is 3.89. The van der Waals surface area contributed by atoms with Crippen LogP contribution >= 0.6 is 11.3 Å². The van der Waals surface area contributed by atoms with Crippen LogP contribution in [-0.2, 0) is 11.2 Å². The number of H-pyrrole nitrogens is 1. The first-order valence-electron chi connectivity index (χ1n) is 8.88. The van der Waals surface area contributed by atoms with Crippen molar-refractivity contribution in [1.29, 1.82) is 0 Å². The number of nitrogens with one attached hydrogen (secondary N) is 2. The van der Waals surface area contributed by atoms with Gasteiger partial charge in [0, 0.05) is 10.6 Å². The number of aromatic amines is 1. The highest BCUT2D eigenvalue weighted by Crippen LogP contribution is 2.25. The number of hydrogen-bond donors (Lipinski definition) is 2. The number of aryl methyl sites for hydroxylation is 2. The van der Waals surface area contributed by atoms with E-state index in [9.17, 15) is 9.59 Å². The number of aromatic nitrogens is 2. The maximum atomic E-state index is 12.2. The highest BCUT2D eigenvalue weighted by Gasteiger charge is 2.14. The molecule has 1 fully saturated rings. The lowest BCUT2D eigenvalue weighted by Crippen LogP contribution is -2.24. The molecule has 7 heteroatoms. The maximum Gasteiger partial charge on any atom is 0.259 e. The zero-order valence-corrected chi connectivity index (χ0v) is 15.6. The number of hydrazone groups is 1. The molecule has 1 saturated carbocycles. The molecule has 0 radical (unpaired) electrons. The molecule has 6 nitrogen and oxygen atoms in total. The quantitative estimate of drug-likeness (QED) is 0.823. The third-order valence-corrected chi connectivity index (χ3v) is 5.79. The van der Waals surface area contributed by atoms with Gasteiger partial charge in [0.25, 0.3) is 5.56 Å². The predicted octanol–water partition coefficient (Wildman–Crippen LogP) is 3.36. The summed E-state index contributed by atoms with van der Waals surface area (Å²) in [6.07, 6.45) is 7.97. The molecular formula is C18H24N4O2S. The van der Waals surface area contributed by atoms with Crippen LogP contribution in [0.5, 0.6) is 0 Å². The summed E-state index contributed by atoms with van der Waals surface area (Å²) in [5.41, 5.74) is 4.47. The van der Waals surface area contributed by atoms with E-state index in [4.69, 9.17) is 0 Å². The van der Waals surface area contributed by atoms with Crippen molar-refractivity contribution in [3.8, 4) is 0 Å². The fraction of sp³-hybridized carbons (Fsp3) is 0.556. The first-order valence-corrected chi connectivity index (χ1v) is 9.69. The van der Waals surface area contributed by atoms with E-state index in [0.29, 0.717) is 16.0 Å². The van der Waals surface area contributed by atoms with E-state index in [0.717, 1.165) is 41.8 Å². The lowest BCUT2D eigenvalue weighted by molar-refractivity contribution is -0.120. The number of hydrogen-bond acceptors (Lipinski definition) is 5. The number of nitrogens with zero attached hydrogens (tertiary/aromatic N) is 2. The second-order valence-corrected chi connectivity index (χ2v) is 7.84. The molecule has 0 atom stereocenters. The standard InChI is InChI=1S/C18H24N4O2S/c1-11-12(2)25-18-16(11)17(24)19-14(20-18)10-15(23)22-21-13-8-6-4-3-5-7-9-13/h3-10H2,1-2H3,(H,22,23)(H,19,20,24). The van der Waals surface area contributed by atoms with Crippen molar-refractivity contribution >= 4 is 33.2 Å². The number of carbonyl (C=O) groups excluding carboxylic acids is 1. The zero-order chi connectivity index (χ0) is 17.8. The SMILES string of the molecule is Cc1sc2nc(CC(=O)NN=C3CCCCCCC3)[nH]c(=O)c2c1C. The van der Waals surface area contributed by atoms with Gasteiger partial charge in [0.2, 0.25) is 5.91 Å². The number of fused-ring (bicyclic) bond motifs is 1. The van der Waals surface area contributed by atoms with E-state index < -0.39 is 0 Å². The molecule has 25 heavy (non-hydrogen) atoms. The van der Waals surface area contributed by atoms with Gasteiger partial charge in [-0.25, -0.2) is 10.4 Å². The topological polar surface area (TPSA) is 87.2 Å². The molecule has 134 valence electrons. The molecule has 0 saturated heterocycles. The molecule has 1 aliphatic carbocycles. The van der Waals surface area contributed by atoms with Gasteiger partial charge in [-0.1, -0.05) is 19.3 Å². The van der Waals surface area contributed by atoms with E-state index in [2.05, 4.69) is 20.5 Å². The molecule has 2 aromatic rings. The highest BCUT2D eigenvalue weighted by atomic mass is 32.1. The Morgan fingerprint density at radius 3 is 2.60 bits per heavy atom. The molecule has 0 aromatic carbocycles. The first-order chi connectivity index (χ1) is 12.0. The van der Waals surface area contributed by atoms with E-state index in [1.807, 2.05) is 13.8 Å². The van der Waals surface area contributed by atoms with E-state index in [1.54, 1.807) is 0 Å². The Hall–Kier alpha value is -2.02. The molecule has 2 N–H and O–H groups in total. The minimum absolute atomic E-state index is 0.0257. The maximum absolute atomic E-state index is 12.2. The third kappa shape index (κ3) is 4.34. The van der Waals surface area contributed by atoms with Crippen LogP contribution in [0.2, 0.25) is 0 Å². The Morgan fingerprint density at radius 2 is 1.88 bits per heavy atom. The normalized spacial score (nSPS) is 15.7. The minimum Gasteiger partial charge on any atom is -0.309 e. The van der Waals surface area contributed by atoms with E-state index in [-0.39, 0.29) is 17.9 Å². The number of rotatable bonds is 3. The molecule has 0 aliphatic heterocycles. The summed E-state index contributed by atoms with van der Waals surface area (Å²) in [6, 6.07) is 0. The summed E-state index contributed by atoms with van der Waals surface area (Å²) in [5.74, 6) is 0.135. The lowest BCUT2D eigenvalue weighted by Gasteiger charge is -2.10. The van der Waals surface area contributed by atoms with Gasteiger partial charge in [-0.05, 0) is 45.1 Å². The van der Waals surface area contributed by atoms with Crippen LogP contribution in [0.4, 0.5) is 0 Å². The van der Waals surface area contributed by atoms with Gasteiger partial charge in [0.05, 0.1) is 11.8 Å². The Balaban J connectivity index is 1.68. The van der Waals surface area contributed by atoms with Gasteiger partial charge in [0.15, 0.2) is 0 Å². The minimum atomic E-state index is -0.248. The van der Waals surface area contributed by atoms with E-state index in [1.165, 1.54) is 30.6 Å². The van der Waals surface area contributed by atoms with E-state index >= 15 is 0 Å². The average molecular weight is 360 g/mol. The smallest absolute Gasteiger partial charge is 0.259 e.